The fourth-order valence-electron chi connectivity index (χ4n) is 1.11. The van der Waals surface area contributed by atoms with E-state index in [9.17, 15) is 4.79 Å². The number of carbonyl (C=O) groups is 1. The fraction of sp³-hybridized carbons (Fsp3) is 0.300. The van der Waals surface area contributed by atoms with Crippen LogP contribution in [0.1, 0.15) is 6.92 Å². The van der Waals surface area contributed by atoms with Gasteiger partial charge < -0.3 is 15.2 Å². The van der Waals surface area contributed by atoms with Gasteiger partial charge in [-0.25, -0.2) is 0 Å². The first-order chi connectivity index (χ1) is 7.45. The van der Waals surface area contributed by atoms with Crippen LogP contribution < -0.4 is 10.1 Å². The third kappa shape index (κ3) is 3.02. The van der Waals surface area contributed by atoms with E-state index in [1.165, 1.54) is 7.11 Å². The lowest BCUT2D eigenvalue weighted by molar-refractivity contribution is -0.137. The van der Waals surface area contributed by atoms with Gasteiger partial charge in [0, 0.05) is 10.5 Å². The molecule has 0 radical (unpaired) electrons. The zero-order chi connectivity index (χ0) is 12.3. The molecule has 1 aromatic rings. The molecule has 1 rings (SSSR count). The van der Waals surface area contributed by atoms with Crippen LogP contribution in [0.5, 0.6) is 5.75 Å². The summed E-state index contributed by atoms with van der Waals surface area (Å²) in [7, 11) is 1.50. The van der Waals surface area contributed by atoms with E-state index in [1.807, 2.05) is 0 Å². The molecule has 0 saturated heterocycles. The summed E-state index contributed by atoms with van der Waals surface area (Å²) >= 11 is 9.15. The molecule has 0 amide bonds. The van der Waals surface area contributed by atoms with Crippen molar-refractivity contribution in [1.82, 2.24) is 0 Å². The van der Waals surface area contributed by atoms with Crippen LogP contribution in [0.25, 0.3) is 0 Å². The predicted octanol–water partition coefficient (Wildman–Crippen LogP) is 3.00. The maximum absolute atomic E-state index is 10.7. The van der Waals surface area contributed by atoms with Crippen LogP contribution >= 0.6 is 27.5 Å². The second-order valence-electron chi connectivity index (χ2n) is 3.17. The first-order valence-electron chi connectivity index (χ1n) is 4.48. The molecule has 0 aliphatic rings. The van der Waals surface area contributed by atoms with Crippen LogP contribution in [0.4, 0.5) is 5.69 Å². The van der Waals surface area contributed by atoms with E-state index < -0.39 is 12.0 Å². The fourth-order valence-corrected chi connectivity index (χ4v) is 1.60. The number of nitrogens with one attached hydrogen (secondary N) is 1. The molecule has 0 heterocycles. The number of ether oxygens (including phenoxy) is 1. The lowest BCUT2D eigenvalue weighted by Gasteiger charge is -2.15. The van der Waals surface area contributed by atoms with Crippen LogP contribution in [-0.4, -0.2) is 24.2 Å². The first-order valence-corrected chi connectivity index (χ1v) is 5.65. The largest absolute Gasteiger partial charge is 0.495 e. The van der Waals surface area contributed by atoms with Gasteiger partial charge in [-0.05, 0) is 28.9 Å². The molecule has 0 unspecified atom stereocenters. The molecule has 2 N–H and O–H groups in total. The van der Waals surface area contributed by atoms with Crippen LogP contribution in [0, 0.1) is 0 Å². The monoisotopic (exact) mass is 307 g/mol. The SMILES string of the molecule is COc1cc(Cl)c(Br)cc1N[C@@H](C)C(=O)O. The molecule has 1 aromatic carbocycles. The Morgan fingerprint density at radius 3 is 2.75 bits per heavy atom. The first kappa shape index (κ1) is 13.1. The van der Waals surface area contributed by atoms with E-state index in [0.29, 0.717) is 20.9 Å². The Morgan fingerprint density at radius 1 is 1.62 bits per heavy atom. The van der Waals surface area contributed by atoms with E-state index in [2.05, 4.69) is 21.2 Å². The molecule has 0 aromatic heterocycles. The standard InChI is InChI=1S/C10H11BrClNO3/c1-5(10(14)15)13-8-3-6(11)7(12)4-9(8)16-2/h3-5,13H,1-2H3,(H,14,15)/t5-/m0/s1. The van der Waals surface area contributed by atoms with Crippen molar-refractivity contribution < 1.29 is 14.6 Å². The summed E-state index contributed by atoms with van der Waals surface area (Å²) in [5, 5.41) is 12.1. The molecule has 0 spiro atoms. The molecule has 6 heteroatoms. The van der Waals surface area contributed by atoms with Gasteiger partial charge in [-0.15, -0.1) is 0 Å². The van der Waals surface area contributed by atoms with Crippen LogP contribution in [0.2, 0.25) is 5.02 Å². The number of hydrogen-bond donors (Lipinski definition) is 2. The van der Waals surface area contributed by atoms with Crippen molar-refractivity contribution >= 4 is 39.2 Å². The van der Waals surface area contributed by atoms with Gasteiger partial charge in [0.15, 0.2) is 0 Å². The highest BCUT2D eigenvalue weighted by Gasteiger charge is 2.14. The molecule has 0 saturated carbocycles. The lowest BCUT2D eigenvalue weighted by atomic mass is 10.2. The number of hydrogen-bond acceptors (Lipinski definition) is 3. The van der Waals surface area contributed by atoms with Gasteiger partial charge in [0.2, 0.25) is 0 Å². The number of methoxy groups -OCH3 is 1. The van der Waals surface area contributed by atoms with Gasteiger partial charge in [-0.3, -0.25) is 4.79 Å². The molecule has 88 valence electrons. The van der Waals surface area contributed by atoms with E-state index in [0.717, 1.165) is 0 Å². The molecule has 0 fully saturated rings. The minimum Gasteiger partial charge on any atom is -0.495 e. The van der Waals surface area contributed by atoms with E-state index in [-0.39, 0.29) is 0 Å². The Labute approximate surface area is 107 Å². The summed E-state index contributed by atoms with van der Waals surface area (Å²) in [5.74, 6) is -0.436. The normalized spacial score (nSPS) is 12.0. The summed E-state index contributed by atoms with van der Waals surface area (Å²) in [5.41, 5.74) is 0.577. The Hall–Kier alpha value is -0.940. The average molecular weight is 309 g/mol. The summed E-state index contributed by atoms with van der Waals surface area (Å²) in [4.78, 5) is 10.7. The van der Waals surface area contributed by atoms with Gasteiger partial charge in [0.25, 0.3) is 0 Å². The van der Waals surface area contributed by atoms with Crippen molar-refractivity contribution in [2.75, 3.05) is 12.4 Å². The summed E-state index contributed by atoms with van der Waals surface area (Å²) in [6.45, 7) is 1.55. The van der Waals surface area contributed by atoms with E-state index in [1.54, 1.807) is 19.1 Å². The van der Waals surface area contributed by atoms with Crippen molar-refractivity contribution in [3.63, 3.8) is 0 Å². The average Bonchev–Trinajstić information content (AvgIpc) is 2.22. The van der Waals surface area contributed by atoms with Gasteiger partial charge in [0.05, 0.1) is 17.8 Å². The Bertz CT molecular complexity index is 411. The number of carboxylic acids is 1. The number of aliphatic carboxylic acids is 1. The van der Waals surface area contributed by atoms with Crippen LogP contribution in [-0.2, 0) is 4.79 Å². The summed E-state index contributed by atoms with van der Waals surface area (Å²) in [6, 6.07) is 2.59. The van der Waals surface area contributed by atoms with Crippen molar-refractivity contribution in [2.24, 2.45) is 0 Å². The smallest absolute Gasteiger partial charge is 0.325 e. The maximum atomic E-state index is 10.7. The van der Waals surface area contributed by atoms with Crippen molar-refractivity contribution in [3.05, 3.63) is 21.6 Å². The highest BCUT2D eigenvalue weighted by Crippen LogP contribution is 2.34. The molecule has 0 aliphatic heterocycles. The zero-order valence-electron chi connectivity index (χ0n) is 8.75. The molecule has 16 heavy (non-hydrogen) atoms. The zero-order valence-corrected chi connectivity index (χ0v) is 11.1. The van der Waals surface area contributed by atoms with Crippen molar-refractivity contribution in [2.45, 2.75) is 13.0 Å². The van der Waals surface area contributed by atoms with Gasteiger partial charge in [0.1, 0.15) is 11.8 Å². The Kier molecular flexibility index (Phi) is 4.44. The molecule has 0 bridgehead atoms. The van der Waals surface area contributed by atoms with Crippen molar-refractivity contribution in [3.8, 4) is 5.75 Å². The molecule has 1 atom stereocenters. The second kappa shape index (κ2) is 5.41. The number of benzene rings is 1. The van der Waals surface area contributed by atoms with Gasteiger partial charge in [-0.2, -0.15) is 0 Å². The third-order valence-corrected chi connectivity index (χ3v) is 3.18. The minimum atomic E-state index is -0.937. The Balaban J connectivity index is 3.03. The Morgan fingerprint density at radius 2 is 2.25 bits per heavy atom. The molecular weight excluding hydrogens is 297 g/mol. The van der Waals surface area contributed by atoms with E-state index in [4.69, 9.17) is 21.4 Å². The second-order valence-corrected chi connectivity index (χ2v) is 4.43. The highest BCUT2D eigenvalue weighted by atomic mass is 79.9. The van der Waals surface area contributed by atoms with Crippen LogP contribution in [0.15, 0.2) is 16.6 Å². The number of rotatable bonds is 4. The highest BCUT2D eigenvalue weighted by molar-refractivity contribution is 9.10. The van der Waals surface area contributed by atoms with E-state index >= 15 is 0 Å². The quantitative estimate of drug-likeness (QED) is 0.898. The molecule has 0 aliphatic carbocycles. The summed E-state index contributed by atoms with van der Waals surface area (Å²) in [6.07, 6.45) is 0. The van der Waals surface area contributed by atoms with Crippen LogP contribution in [0.3, 0.4) is 0 Å². The summed E-state index contributed by atoms with van der Waals surface area (Å²) < 4.78 is 5.78. The topological polar surface area (TPSA) is 58.6 Å². The maximum Gasteiger partial charge on any atom is 0.325 e. The minimum absolute atomic E-state index is 0.501. The van der Waals surface area contributed by atoms with Crippen molar-refractivity contribution in [1.29, 1.82) is 0 Å². The van der Waals surface area contributed by atoms with Gasteiger partial charge in [-0.1, -0.05) is 11.6 Å². The van der Waals surface area contributed by atoms with Gasteiger partial charge >= 0.3 is 5.97 Å². The number of halogens is 2. The molecule has 4 nitrogen and oxygen atoms in total. The third-order valence-electron chi connectivity index (χ3n) is 1.98. The number of carboxylic acid groups (broad SMARTS) is 1. The predicted molar refractivity (Wildman–Crippen MR) is 66.4 cm³/mol. The number of anilines is 1. The lowest BCUT2D eigenvalue weighted by Crippen LogP contribution is -2.25. The molecular formula is C10H11BrClNO3.